The van der Waals surface area contributed by atoms with Crippen molar-refractivity contribution >= 4 is 15.9 Å². The van der Waals surface area contributed by atoms with Crippen LogP contribution in [0.25, 0.3) is 0 Å². The van der Waals surface area contributed by atoms with Crippen molar-refractivity contribution in [3.05, 3.63) is 35.4 Å². The van der Waals surface area contributed by atoms with Crippen LogP contribution < -0.4 is 0 Å². The van der Waals surface area contributed by atoms with Gasteiger partial charge in [-0.1, -0.05) is 45.8 Å². The van der Waals surface area contributed by atoms with Crippen LogP contribution in [0.15, 0.2) is 24.3 Å². The average molecular weight is 284 g/mol. The Balaban J connectivity index is 2.60. The van der Waals surface area contributed by atoms with Gasteiger partial charge in [0.2, 0.25) is 0 Å². The number of alkyl halides is 1. The Labute approximate surface area is 108 Å². The SMILES string of the molecule is Cc1cccc(CN(CCCBr)C(C)C)c1. The standard InChI is InChI=1S/C14H22BrN/c1-12(2)16(9-5-8-15)11-14-7-4-6-13(3)10-14/h4,6-7,10,12H,5,8-9,11H2,1-3H3. The van der Waals surface area contributed by atoms with Crippen LogP contribution in [-0.2, 0) is 6.54 Å². The van der Waals surface area contributed by atoms with Crippen molar-refractivity contribution in [2.45, 2.75) is 39.8 Å². The molecule has 90 valence electrons. The molecule has 0 atom stereocenters. The van der Waals surface area contributed by atoms with E-state index >= 15 is 0 Å². The maximum atomic E-state index is 3.50. The fourth-order valence-electron chi connectivity index (χ4n) is 1.83. The van der Waals surface area contributed by atoms with Gasteiger partial charge in [0.05, 0.1) is 0 Å². The topological polar surface area (TPSA) is 3.24 Å². The lowest BCUT2D eigenvalue weighted by Gasteiger charge is -2.26. The quantitative estimate of drug-likeness (QED) is 0.714. The third-order valence-electron chi connectivity index (χ3n) is 2.78. The first-order valence-corrected chi connectivity index (χ1v) is 7.11. The first-order chi connectivity index (χ1) is 7.63. The zero-order chi connectivity index (χ0) is 12.0. The largest absolute Gasteiger partial charge is 0.297 e. The lowest BCUT2D eigenvalue weighted by molar-refractivity contribution is 0.214. The van der Waals surface area contributed by atoms with Crippen molar-refractivity contribution in [1.29, 1.82) is 0 Å². The van der Waals surface area contributed by atoms with Gasteiger partial charge in [-0.25, -0.2) is 0 Å². The minimum atomic E-state index is 0.611. The van der Waals surface area contributed by atoms with Gasteiger partial charge < -0.3 is 0 Å². The Kier molecular flexibility index (Phi) is 6.07. The molecule has 0 bridgehead atoms. The summed E-state index contributed by atoms with van der Waals surface area (Å²) < 4.78 is 0. The second-order valence-electron chi connectivity index (χ2n) is 4.60. The lowest BCUT2D eigenvalue weighted by atomic mass is 10.1. The highest BCUT2D eigenvalue weighted by molar-refractivity contribution is 9.09. The minimum absolute atomic E-state index is 0.611. The van der Waals surface area contributed by atoms with Crippen LogP contribution in [0.1, 0.15) is 31.4 Å². The molecule has 0 spiro atoms. The summed E-state index contributed by atoms with van der Waals surface area (Å²) in [6.07, 6.45) is 1.21. The average Bonchev–Trinajstić information content (AvgIpc) is 2.24. The van der Waals surface area contributed by atoms with E-state index in [4.69, 9.17) is 0 Å². The molecule has 1 aromatic carbocycles. The first kappa shape index (κ1) is 13.7. The molecule has 0 aromatic heterocycles. The van der Waals surface area contributed by atoms with Crippen molar-refractivity contribution in [3.63, 3.8) is 0 Å². The van der Waals surface area contributed by atoms with Gasteiger partial charge in [0.25, 0.3) is 0 Å². The van der Waals surface area contributed by atoms with E-state index in [1.807, 2.05) is 0 Å². The highest BCUT2D eigenvalue weighted by Crippen LogP contribution is 2.11. The Morgan fingerprint density at radius 1 is 1.31 bits per heavy atom. The maximum absolute atomic E-state index is 3.50. The molecule has 0 radical (unpaired) electrons. The van der Waals surface area contributed by atoms with Crippen LogP contribution in [0, 0.1) is 6.92 Å². The first-order valence-electron chi connectivity index (χ1n) is 5.99. The smallest absolute Gasteiger partial charge is 0.0236 e. The minimum Gasteiger partial charge on any atom is -0.297 e. The fourth-order valence-corrected chi connectivity index (χ4v) is 2.08. The van der Waals surface area contributed by atoms with Gasteiger partial charge in [-0.05, 0) is 39.3 Å². The van der Waals surface area contributed by atoms with Gasteiger partial charge in [0, 0.05) is 17.9 Å². The van der Waals surface area contributed by atoms with E-state index in [0.717, 1.165) is 18.4 Å². The van der Waals surface area contributed by atoms with Gasteiger partial charge in [-0.3, -0.25) is 4.90 Å². The van der Waals surface area contributed by atoms with E-state index in [-0.39, 0.29) is 0 Å². The normalized spacial score (nSPS) is 11.4. The van der Waals surface area contributed by atoms with Gasteiger partial charge in [-0.15, -0.1) is 0 Å². The molecule has 0 aliphatic heterocycles. The molecule has 1 rings (SSSR count). The second kappa shape index (κ2) is 7.08. The Morgan fingerprint density at radius 2 is 2.06 bits per heavy atom. The third-order valence-corrected chi connectivity index (χ3v) is 3.34. The molecule has 0 aliphatic rings. The van der Waals surface area contributed by atoms with E-state index in [1.165, 1.54) is 17.5 Å². The molecule has 0 saturated carbocycles. The molecule has 1 aromatic rings. The predicted molar refractivity (Wildman–Crippen MR) is 75.1 cm³/mol. The molecule has 2 heteroatoms. The van der Waals surface area contributed by atoms with Crippen molar-refractivity contribution in [2.24, 2.45) is 0 Å². The number of benzene rings is 1. The van der Waals surface area contributed by atoms with Gasteiger partial charge >= 0.3 is 0 Å². The summed E-state index contributed by atoms with van der Waals surface area (Å²) >= 11 is 3.50. The van der Waals surface area contributed by atoms with Crippen LogP contribution in [0.5, 0.6) is 0 Å². The Hall–Kier alpha value is -0.340. The van der Waals surface area contributed by atoms with Crippen LogP contribution >= 0.6 is 15.9 Å². The van der Waals surface area contributed by atoms with Crippen LogP contribution in [0.2, 0.25) is 0 Å². The van der Waals surface area contributed by atoms with E-state index in [1.54, 1.807) is 0 Å². The molecule has 0 aliphatic carbocycles. The van der Waals surface area contributed by atoms with Gasteiger partial charge in [0.15, 0.2) is 0 Å². The van der Waals surface area contributed by atoms with Crippen molar-refractivity contribution in [3.8, 4) is 0 Å². The van der Waals surface area contributed by atoms with Gasteiger partial charge in [-0.2, -0.15) is 0 Å². The summed E-state index contributed by atoms with van der Waals surface area (Å²) in [6.45, 7) is 8.92. The number of halogens is 1. The fraction of sp³-hybridized carbons (Fsp3) is 0.571. The molecule has 0 fully saturated rings. The van der Waals surface area contributed by atoms with Crippen molar-refractivity contribution in [2.75, 3.05) is 11.9 Å². The van der Waals surface area contributed by atoms with E-state index < -0.39 is 0 Å². The van der Waals surface area contributed by atoms with Crippen LogP contribution in [0.4, 0.5) is 0 Å². The maximum Gasteiger partial charge on any atom is 0.0236 e. The monoisotopic (exact) mass is 283 g/mol. The molecule has 1 nitrogen and oxygen atoms in total. The molecule has 0 saturated heterocycles. The number of nitrogens with zero attached hydrogens (tertiary/aromatic N) is 1. The zero-order valence-corrected chi connectivity index (χ0v) is 12.1. The van der Waals surface area contributed by atoms with Crippen molar-refractivity contribution < 1.29 is 0 Å². The number of hydrogen-bond donors (Lipinski definition) is 0. The molecule has 0 unspecified atom stereocenters. The van der Waals surface area contributed by atoms with E-state index in [2.05, 4.69) is 65.9 Å². The Morgan fingerprint density at radius 3 is 2.62 bits per heavy atom. The summed E-state index contributed by atoms with van der Waals surface area (Å²) in [5.74, 6) is 0. The summed E-state index contributed by atoms with van der Waals surface area (Å²) in [6, 6.07) is 9.41. The van der Waals surface area contributed by atoms with Crippen molar-refractivity contribution in [1.82, 2.24) is 4.90 Å². The summed E-state index contributed by atoms with van der Waals surface area (Å²) in [5, 5.41) is 1.09. The molecular formula is C14H22BrN. The van der Waals surface area contributed by atoms with E-state index in [9.17, 15) is 0 Å². The summed E-state index contributed by atoms with van der Waals surface area (Å²) in [5.41, 5.74) is 2.77. The molecule has 0 heterocycles. The molecule has 0 amide bonds. The lowest BCUT2D eigenvalue weighted by Crippen LogP contribution is -2.31. The van der Waals surface area contributed by atoms with Crippen LogP contribution in [0.3, 0.4) is 0 Å². The predicted octanol–water partition coefficient (Wildman–Crippen LogP) is 3.99. The second-order valence-corrected chi connectivity index (χ2v) is 5.39. The highest BCUT2D eigenvalue weighted by Gasteiger charge is 2.09. The highest BCUT2D eigenvalue weighted by atomic mass is 79.9. The molecule has 16 heavy (non-hydrogen) atoms. The molecular weight excluding hydrogens is 262 g/mol. The van der Waals surface area contributed by atoms with Gasteiger partial charge in [0.1, 0.15) is 0 Å². The summed E-state index contributed by atoms with van der Waals surface area (Å²) in [4.78, 5) is 2.52. The zero-order valence-electron chi connectivity index (χ0n) is 10.5. The number of aryl methyl sites for hydroxylation is 1. The summed E-state index contributed by atoms with van der Waals surface area (Å²) in [7, 11) is 0. The molecule has 0 N–H and O–H groups in total. The van der Waals surface area contributed by atoms with Crippen LogP contribution in [-0.4, -0.2) is 22.8 Å². The number of hydrogen-bond acceptors (Lipinski definition) is 1. The Bertz CT molecular complexity index is 309. The third kappa shape index (κ3) is 4.67. The number of rotatable bonds is 6. The van der Waals surface area contributed by atoms with E-state index in [0.29, 0.717) is 6.04 Å².